The first-order valence-corrected chi connectivity index (χ1v) is 5.56. The fourth-order valence-corrected chi connectivity index (χ4v) is 1.33. The van der Waals surface area contributed by atoms with Crippen molar-refractivity contribution in [1.82, 2.24) is 0 Å². The zero-order valence-corrected chi connectivity index (χ0v) is 9.52. The van der Waals surface area contributed by atoms with E-state index in [0.29, 0.717) is 12.5 Å². The van der Waals surface area contributed by atoms with Crippen LogP contribution in [0, 0.1) is 5.92 Å². The van der Waals surface area contributed by atoms with E-state index in [0.717, 1.165) is 18.6 Å². The van der Waals surface area contributed by atoms with Crippen molar-refractivity contribution in [3.63, 3.8) is 0 Å². The maximum absolute atomic E-state index is 9.57. The van der Waals surface area contributed by atoms with E-state index >= 15 is 0 Å². The molecule has 0 bridgehead atoms. The number of hydrogen-bond acceptors (Lipinski definition) is 2. The Hall–Kier alpha value is -1.02. The third-order valence-electron chi connectivity index (χ3n) is 2.43. The van der Waals surface area contributed by atoms with E-state index in [9.17, 15) is 5.11 Å². The molecule has 0 aliphatic carbocycles. The van der Waals surface area contributed by atoms with Gasteiger partial charge in [0.1, 0.15) is 5.75 Å². The van der Waals surface area contributed by atoms with E-state index in [1.54, 1.807) is 0 Å². The summed E-state index contributed by atoms with van der Waals surface area (Å²) in [5.74, 6) is 1.23. The quantitative estimate of drug-likeness (QED) is 0.728. The number of hydrogen-bond donors (Lipinski definition) is 1. The zero-order valence-electron chi connectivity index (χ0n) is 9.52. The molecule has 1 aromatic rings. The fourth-order valence-electron chi connectivity index (χ4n) is 1.33. The minimum Gasteiger partial charge on any atom is -0.494 e. The maximum Gasteiger partial charge on any atom is 0.119 e. The average molecular weight is 208 g/mol. The highest BCUT2D eigenvalue weighted by Crippen LogP contribution is 2.11. The predicted octanol–water partition coefficient (Wildman–Crippen LogP) is 2.86. The van der Waals surface area contributed by atoms with Crippen LogP contribution in [0.2, 0.25) is 0 Å². The van der Waals surface area contributed by atoms with Gasteiger partial charge in [0.25, 0.3) is 0 Å². The molecule has 0 amide bonds. The van der Waals surface area contributed by atoms with Gasteiger partial charge in [-0.2, -0.15) is 0 Å². The van der Waals surface area contributed by atoms with Crippen LogP contribution in [0.5, 0.6) is 5.75 Å². The lowest BCUT2D eigenvalue weighted by atomic mass is 10.0. The largest absolute Gasteiger partial charge is 0.494 e. The maximum atomic E-state index is 9.57. The molecule has 15 heavy (non-hydrogen) atoms. The molecule has 0 aliphatic rings. The van der Waals surface area contributed by atoms with Gasteiger partial charge in [-0.25, -0.2) is 0 Å². The minimum absolute atomic E-state index is 0.204. The van der Waals surface area contributed by atoms with Crippen LogP contribution < -0.4 is 4.74 Å². The Bertz CT molecular complexity index is 256. The van der Waals surface area contributed by atoms with Crippen molar-refractivity contribution in [2.75, 3.05) is 6.61 Å². The minimum atomic E-state index is -0.204. The summed E-state index contributed by atoms with van der Waals surface area (Å²) >= 11 is 0. The molecule has 1 aromatic carbocycles. The first-order chi connectivity index (χ1) is 7.20. The van der Waals surface area contributed by atoms with Crippen molar-refractivity contribution in [3.8, 4) is 5.75 Å². The summed E-state index contributed by atoms with van der Waals surface area (Å²) in [6.45, 7) is 4.74. The highest BCUT2D eigenvalue weighted by Gasteiger charge is 2.07. The molecule has 0 saturated carbocycles. The number of para-hydroxylation sites is 1. The topological polar surface area (TPSA) is 29.5 Å². The number of rotatable bonds is 6. The van der Waals surface area contributed by atoms with Crippen LogP contribution >= 0.6 is 0 Å². The molecule has 0 aliphatic heterocycles. The summed E-state index contributed by atoms with van der Waals surface area (Å²) in [4.78, 5) is 0. The second-order valence-corrected chi connectivity index (χ2v) is 4.12. The molecule has 2 nitrogen and oxygen atoms in total. The van der Waals surface area contributed by atoms with Crippen molar-refractivity contribution in [2.24, 2.45) is 5.92 Å². The Morgan fingerprint density at radius 1 is 1.20 bits per heavy atom. The number of ether oxygens (including phenoxy) is 1. The van der Waals surface area contributed by atoms with Gasteiger partial charge in [0, 0.05) is 0 Å². The molecular formula is C13H20O2. The normalized spacial score (nSPS) is 12.8. The zero-order chi connectivity index (χ0) is 11.1. The van der Waals surface area contributed by atoms with E-state index < -0.39 is 0 Å². The lowest BCUT2D eigenvalue weighted by Gasteiger charge is -2.14. The molecule has 0 aromatic heterocycles. The Labute approximate surface area is 91.9 Å². The van der Waals surface area contributed by atoms with Crippen LogP contribution in [0.1, 0.15) is 26.7 Å². The van der Waals surface area contributed by atoms with Crippen molar-refractivity contribution in [3.05, 3.63) is 30.3 Å². The van der Waals surface area contributed by atoms with Gasteiger partial charge in [0.2, 0.25) is 0 Å². The van der Waals surface area contributed by atoms with Gasteiger partial charge in [-0.15, -0.1) is 0 Å². The van der Waals surface area contributed by atoms with Crippen LogP contribution in [0.4, 0.5) is 0 Å². The first-order valence-electron chi connectivity index (χ1n) is 5.56. The van der Waals surface area contributed by atoms with Gasteiger partial charge in [-0.3, -0.25) is 0 Å². The third-order valence-corrected chi connectivity index (χ3v) is 2.43. The molecule has 0 fully saturated rings. The van der Waals surface area contributed by atoms with Crippen molar-refractivity contribution in [2.45, 2.75) is 32.8 Å². The number of aliphatic hydroxyl groups excluding tert-OH is 1. The number of benzene rings is 1. The van der Waals surface area contributed by atoms with Crippen LogP contribution in [-0.4, -0.2) is 17.8 Å². The second kappa shape index (κ2) is 6.46. The highest BCUT2D eigenvalue weighted by atomic mass is 16.5. The average Bonchev–Trinajstić information content (AvgIpc) is 2.25. The molecule has 0 heterocycles. The summed E-state index contributed by atoms with van der Waals surface area (Å²) in [6, 6.07) is 9.77. The smallest absolute Gasteiger partial charge is 0.119 e. The van der Waals surface area contributed by atoms with Gasteiger partial charge >= 0.3 is 0 Å². The Morgan fingerprint density at radius 2 is 1.87 bits per heavy atom. The van der Waals surface area contributed by atoms with Crippen molar-refractivity contribution in [1.29, 1.82) is 0 Å². The Balaban J connectivity index is 2.12. The van der Waals surface area contributed by atoms with Crippen LogP contribution in [0.15, 0.2) is 30.3 Å². The summed E-state index contributed by atoms with van der Waals surface area (Å²) in [5.41, 5.74) is 0. The number of aliphatic hydroxyl groups is 1. The molecule has 1 unspecified atom stereocenters. The molecule has 1 rings (SSSR count). The van der Waals surface area contributed by atoms with E-state index in [-0.39, 0.29) is 6.10 Å². The van der Waals surface area contributed by atoms with Gasteiger partial charge in [-0.1, -0.05) is 32.0 Å². The molecule has 1 N–H and O–H groups in total. The fraction of sp³-hybridized carbons (Fsp3) is 0.538. The molecule has 1 atom stereocenters. The van der Waals surface area contributed by atoms with Gasteiger partial charge in [0.15, 0.2) is 0 Å². The highest BCUT2D eigenvalue weighted by molar-refractivity contribution is 5.20. The standard InChI is InChI=1S/C13H20O2/c1-11(2)13(14)9-6-10-15-12-7-4-3-5-8-12/h3-5,7-8,11,13-14H,6,9-10H2,1-2H3. The summed E-state index contributed by atoms with van der Waals surface area (Å²) < 4.78 is 5.53. The van der Waals surface area contributed by atoms with Crippen molar-refractivity contribution < 1.29 is 9.84 Å². The van der Waals surface area contributed by atoms with Gasteiger partial charge in [0.05, 0.1) is 12.7 Å². The lowest BCUT2D eigenvalue weighted by molar-refractivity contribution is 0.108. The predicted molar refractivity (Wildman–Crippen MR) is 62.0 cm³/mol. The molecular weight excluding hydrogens is 188 g/mol. The van der Waals surface area contributed by atoms with Crippen LogP contribution in [0.25, 0.3) is 0 Å². The van der Waals surface area contributed by atoms with E-state index in [1.807, 2.05) is 44.2 Å². The van der Waals surface area contributed by atoms with E-state index in [2.05, 4.69) is 0 Å². The van der Waals surface area contributed by atoms with Gasteiger partial charge in [-0.05, 0) is 30.9 Å². The van der Waals surface area contributed by atoms with E-state index in [4.69, 9.17) is 4.74 Å². The molecule has 0 radical (unpaired) electrons. The van der Waals surface area contributed by atoms with Crippen molar-refractivity contribution >= 4 is 0 Å². The Morgan fingerprint density at radius 3 is 2.47 bits per heavy atom. The lowest BCUT2D eigenvalue weighted by Crippen LogP contribution is -2.15. The summed E-state index contributed by atoms with van der Waals surface area (Å²) in [6.07, 6.45) is 1.50. The second-order valence-electron chi connectivity index (χ2n) is 4.12. The summed E-state index contributed by atoms with van der Waals surface area (Å²) in [7, 11) is 0. The molecule has 0 spiro atoms. The van der Waals surface area contributed by atoms with Gasteiger partial charge < -0.3 is 9.84 Å². The van der Waals surface area contributed by atoms with Crippen LogP contribution in [0.3, 0.4) is 0 Å². The van der Waals surface area contributed by atoms with E-state index in [1.165, 1.54) is 0 Å². The Kier molecular flexibility index (Phi) is 5.19. The molecule has 0 saturated heterocycles. The monoisotopic (exact) mass is 208 g/mol. The summed E-state index contributed by atoms with van der Waals surface area (Å²) in [5, 5.41) is 9.57. The van der Waals surface area contributed by atoms with Crippen LogP contribution in [-0.2, 0) is 0 Å². The molecule has 84 valence electrons. The first kappa shape index (κ1) is 12.1. The SMILES string of the molecule is CC(C)C(O)CCCOc1ccccc1. The third kappa shape index (κ3) is 4.84. The molecule has 2 heteroatoms.